The Morgan fingerprint density at radius 1 is 1.32 bits per heavy atom. The first-order chi connectivity index (χ1) is 9.02. The third-order valence-corrected chi connectivity index (χ3v) is 2.83. The maximum atomic E-state index is 12.1. The first-order valence-electron chi connectivity index (χ1n) is 5.46. The van der Waals surface area contributed by atoms with Crippen molar-refractivity contribution in [3.63, 3.8) is 0 Å². The zero-order valence-electron chi connectivity index (χ0n) is 9.95. The van der Waals surface area contributed by atoms with Gasteiger partial charge in [-0.2, -0.15) is 0 Å². The summed E-state index contributed by atoms with van der Waals surface area (Å²) in [5, 5.41) is 28.2. The van der Waals surface area contributed by atoms with Crippen molar-refractivity contribution in [2.24, 2.45) is 0 Å². The molecule has 1 amide bonds. The first kappa shape index (κ1) is 15.4. The predicted molar refractivity (Wildman–Crippen MR) is 68.2 cm³/mol. The van der Waals surface area contributed by atoms with Gasteiger partial charge in [0.2, 0.25) is 0 Å². The molecule has 2 N–H and O–H groups in total. The monoisotopic (exact) mass is 288 g/mol. The maximum Gasteiger partial charge on any atom is 0.288 e. The highest BCUT2D eigenvalue weighted by Gasteiger charge is 2.23. The lowest BCUT2D eigenvalue weighted by Crippen LogP contribution is -2.36. The van der Waals surface area contributed by atoms with E-state index in [0.717, 1.165) is 0 Å². The van der Waals surface area contributed by atoms with E-state index in [9.17, 15) is 14.9 Å². The minimum absolute atomic E-state index is 0.0123. The van der Waals surface area contributed by atoms with Crippen LogP contribution < -0.4 is 0 Å². The highest BCUT2D eigenvalue weighted by atomic mass is 35.5. The standard InChI is InChI=1S/C11H13ClN2O5/c12-10-8(2-1-3-9(10)14(18)19)11(17)13(4-6-15)5-7-16/h1-3,15-16H,4-7H2. The topological polar surface area (TPSA) is 104 Å². The summed E-state index contributed by atoms with van der Waals surface area (Å²) >= 11 is 5.83. The molecule has 0 radical (unpaired) electrons. The lowest BCUT2D eigenvalue weighted by atomic mass is 10.1. The van der Waals surface area contributed by atoms with Crippen molar-refractivity contribution in [2.75, 3.05) is 26.3 Å². The summed E-state index contributed by atoms with van der Waals surface area (Å²) in [6.45, 7) is -0.534. The number of nitrogens with zero attached hydrogens (tertiary/aromatic N) is 2. The predicted octanol–water partition coefficient (Wildman–Crippen LogP) is 0.675. The summed E-state index contributed by atoms with van der Waals surface area (Å²) < 4.78 is 0. The highest BCUT2D eigenvalue weighted by Crippen LogP contribution is 2.28. The van der Waals surface area contributed by atoms with Crippen LogP contribution in [0.5, 0.6) is 0 Å². The SMILES string of the molecule is O=C(c1cccc([N+](=O)[O-])c1Cl)N(CCO)CCO. The molecule has 0 saturated heterocycles. The average molecular weight is 289 g/mol. The van der Waals surface area contributed by atoms with Crippen molar-refractivity contribution in [3.8, 4) is 0 Å². The van der Waals surface area contributed by atoms with Gasteiger partial charge in [-0.25, -0.2) is 0 Å². The molecular formula is C11H13ClN2O5. The van der Waals surface area contributed by atoms with Crippen molar-refractivity contribution >= 4 is 23.2 Å². The zero-order chi connectivity index (χ0) is 14.4. The van der Waals surface area contributed by atoms with Crippen LogP contribution in [-0.4, -0.2) is 52.2 Å². The number of nitro benzene ring substituents is 1. The number of carbonyl (C=O) groups excluding carboxylic acids is 1. The van der Waals surface area contributed by atoms with Crippen LogP contribution in [0.15, 0.2) is 18.2 Å². The van der Waals surface area contributed by atoms with Crippen LogP contribution in [-0.2, 0) is 0 Å². The normalized spacial score (nSPS) is 10.3. The lowest BCUT2D eigenvalue weighted by Gasteiger charge is -2.21. The molecule has 0 aliphatic carbocycles. The number of amides is 1. The van der Waals surface area contributed by atoms with Crippen LogP contribution in [0.1, 0.15) is 10.4 Å². The molecule has 104 valence electrons. The maximum absolute atomic E-state index is 12.1. The molecule has 0 atom stereocenters. The Balaban J connectivity index is 3.10. The van der Waals surface area contributed by atoms with Crippen LogP contribution in [0, 0.1) is 10.1 Å². The summed E-state index contributed by atoms with van der Waals surface area (Å²) in [7, 11) is 0. The number of rotatable bonds is 6. The van der Waals surface area contributed by atoms with E-state index < -0.39 is 10.8 Å². The van der Waals surface area contributed by atoms with E-state index in [-0.39, 0.29) is 42.6 Å². The summed E-state index contributed by atoms with van der Waals surface area (Å²) in [5.74, 6) is -0.572. The van der Waals surface area contributed by atoms with Gasteiger partial charge in [-0.3, -0.25) is 14.9 Å². The van der Waals surface area contributed by atoms with Gasteiger partial charge in [0.05, 0.1) is 23.7 Å². The summed E-state index contributed by atoms with van der Waals surface area (Å²) in [5.41, 5.74) is -0.391. The molecule has 0 spiro atoms. The number of halogens is 1. The molecule has 19 heavy (non-hydrogen) atoms. The van der Waals surface area contributed by atoms with Gasteiger partial charge in [0.15, 0.2) is 0 Å². The fourth-order valence-corrected chi connectivity index (χ4v) is 1.83. The molecule has 0 aliphatic heterocycles. The molecule has 8 heteroatoms. The van der Waals surface area contributed by atoms with Crippen molar-refractivity contribution in [1.82, 2.24) is 4.90 Å². The molecule has 1 aromatic carbocycles. The number of aliphatic hydroxyl groups excluding tert-OH is 2. The highest BCUT2D eigenvalue weighted by molar-refractivity contribution is 6.35. The van der Waals surface area contributed by atoms with Gasteiger partial charge in [0, 0.05) is 19.2 Å². The Morgan fingerprint density at radius 2 is 1.89 bits per heavy atom. The Kier molecular flexibility index (Phi) is 5.68. The van der Waals surface area contributed by atoms with Crippen LogP contribution in [0.2, 0.25) is 5.02 Å². The van der Waals surface area contributed by atoms with Crippen LogP contribution in [0.25, 0.3) is 0 Å². The molecule has 0 fully saturated rings. The second kappa shape index (κ2) is 7.03. The second-order valence-electron chi connectivity index (χ2n) is 3.64. The van der Waals surface area contributed by atoms with Gasteiger partial charge >= 0.3 is 0 Å². The smallest absolute Gasteiger partial charge is 0.288 e. The number of nitro groups is 1. The lowest BCUT2D eigenvalue weighted by molar-refractivity contribution is -0.384. The summed E-state index contributed by atoms with van der Waals surface area (Å²) in [6, 6.07) is 3.91. The Hall–Kier alpha value is -1.70. The number of aliphatic hydroxyl groups is 2. The van der Waals surface area contributed by atoms with Crippen LogP contribution in [0.3, 0.4) is 0 Å². The van der Waals surface area contributed by atoms with Gasteiger partial charge in [-0.1, -0.05) is 17.7 Å². The number of benzene rings is 1. The quantitative estimate of drug-likeness (QED) is 0.591. The van der Waals surface area contributed by atoms with E-state index in [1.54, 1.807) is 0 Å². The van der Waals surface area contributed by atoms with E-state index in [2.05, 4.69) is 0 Å². The van der Waals surface area contributed by atoms with Gasteiger partial charge in [0.1, 0.15) is 5.02 Å². The van der Waals surface area contributed by atoms with Gasteiger partial charge in [-0.05, 0) is 6.07 Å². The fourth-order valence-electron chi connectivity index (χ4n) is 1.55. The minimum Gasteiger partial charge on any atom is -0.395 e. The van der Waals surface area contributed by atoms with Crippen LogP contribution >= 0.6 is 11.6 Å². The van der Waals surface area contributed by atoms with Crippen LogP contribution in [0.4, 0.5) is 5.69 Å². The molecule has 0 saturated carbocycles. The third-order valence-electron chi connectivity index (χ3n) is 2.43. The molecule has 0 aliphatic rings. The summed E-state index contributed by atoms with van der Waals surface area (Å²) in [4.78, 5) is 23.3. The molecule has 7 nitrogen and oxygen atoms in total. The molecule has 0 unspecified atom stereocenters. The first-order valence-corrected chi connectivity index (χ1v) is 5.84. The average Bonchev–Trinajstić information content (AvgIpc) is 2.37. The molecule has 0 heterocycles. The zero-order valence-corrected chi connectivity index (χ0v) is 10.7. The molecule has 0 aromatic heterocycles. The second-order valence-corrected chi connectivity index (χ2v) is 4.01. The number of hydrogen-bond acceptors (Lipinski definition) is 5. The number of carbonyl (C=O) groups is 1. The molecule has 1 rings (SSSR count). The van der Waals surface area contributed by atoms with Crippen molar-refractivity contribution in [2.45, 2.75) is 0 Å². The molecule has 1 aromatic rings. The minimum atomic E-state index is -0.679. The van der Waals surface area contributed by atoms with E-state index in [1.165, 1.54) is 23.1 Å². The number of hydrogen-bond donors (Lipinski definition) is 2. The van der Waals surface area contributed by atoms with Gasteiger partial charge in [-0.15, -0.1) is 0 Å². The van der Waals surface area contributed by atoms with Crippen molar-refractivity contribution in [1.29, 1.82) is 0 Å². The van der Waals surface area contributed by atoms with E-state index in [1.807, 2.05) is 0 Å². The Bertz CT molecular complexity index is 474. The Morgan fingerprint density at radius 3 is 2.37 bits per heavy atom. The summed E-state index contributed by atoms with van der Waals surface area (Å²) in [6.07, 6.45) is 0. The largest absolute Gasteiger partial charge is 0.395 e. The van der Waals surface area contributed by atoms with Gasteiger partial charge in [0.25, 0.3) is 11.6 Å². The van der Waals surface area contributed by atoms with Gasteiger partial charge < -0.3 is 15.1 Å². The van der Waals surface area contributed by atoms with Crippen molar-refractivity contribution < 1.29 is 19.9 Å². The molecule has 0 bridgehead atoms. The fraction of sp³-hybridized carbons (Fsp3) is 0.364. The van der Waals surface area contributed by atoms with E-state index >= 15 is 0 Å². The Labute approximate surface area is 114 Å². The van der Waals surface area contributed by atoms with Crippen molar-refractivity contribution in [3.05, 3.63) is 38.9 Å². The third kappa shape index (κ3) is 3.63. The van der Waals surface area contributed by atoms with E-state index in [4.69, 9.17) is 21.8 Å². The van der Waals surface area contributed by atoms with E-state index in [0.29, 0.717) is 0 Å². The molecular weight excluding hydrogens is 276 g/mol.